The van der Waals surface area contributed by atoms with Gasteiger partial charge in [0.25, 0.3) is 0 Å². The van der Waals surface area contributed by atoms with Gasteiger partial charge in [-0.05, 0) is 29.7 Å². The smallest absolute Gasteiger partial charge is 0.244 e. The number of fused-ring (bicyclic) bond motifs is 1. The Morgan fingerprint density at radius 3 is 2.21 bits per heavy atom. The van der Waals surface area contributed by atoms with Crippen LogP contribution in [0.1, 0.15) is 24.5 Å². The normalized spacial score (nSPS) is 13.0. The average Bonchev–Trinajstić information content (AvgIpc) is 3.40. The van der Waals surface area contributed by atoms with Crippen LogP contribution in [0.15, 0.2) is 78.9 Å². The summed E-state index contributed by atoms with van der Waals surface area (Å²) in [6, 6.07) is 22.6. The maximum absolute atomic E-state index is 14.0. The molecule has 0 bridgehead atoms. The van der Waals surface area contributed by atoms with Gasteiger partial charge in [0.2, 0.25) is 28.6 Å². The van der Waals surface area contributed by atoms with Crippen LogP contribution in [0.4, 0.5) is 5.69 Å². The van der Waals surface area contributed by atoms with E-state index >= 15 is 0 Å². The zero-order valence-corrected chi connectivity index (χ0v) is 22.9. The molecule has 1 aliphatic rings. The Balaban J connectivity index is 1.70. The van der Waals surface area contributed by atoms with Gasteiger partial charge in [0.1, 0.15) is 12.6 Å². The van der Waals surface area contributed by atoms with Gasteiger partial charge in [-0.25, -0.2) is 8.42 Å². The molecule has 39 heavy (non-hydrogen) atoms. The Kier molecular flexibility index (Phi) is 9.08. The first-order chi connectivity index (χ1) is 18.8. The molecule has 0 saturated carbocycles. The number of nitrogens with one attached hydrogen (secondary N) is 1. The van der Waals surface area contributed by atoms with Gasteiger partial charge in [-0.1, -0.05) is 67.6 Å². The highest BCUT2D eigenvalue weighted by Gasteiger charge is 2.33. The molecule has 3 aromatic rings. The maximum Gasteiger partial charge on any atom is 0.244 e. The molecular weight excluding hydrogens is 518 g/mol. The summed E-state index contributed by atoms with van der Waals surface area (Å²) in [5.41, 5.74) is 1.97. The summed E-state index contributed by atoms with van der Waals surface area (Å²) in [7, 11) is -3.87. The Hall–Kier alpha value is -4.05. The van der Waals surface area contributed by atoms with Gasteiger partial charge in [-0.15, -0.1) is 0 Å². The van der Waals surface area contributed by atoms with Crippen LogP contribution in [0.3, 0.4) is 0 Å². The zero-order chi connectivity index (χ0) is 27.8. The lowest BCUT2D eigenvalue weighted by molar-refractivity contribution is -0.140. The minimum absolute atomic E-state index is 0.0372. The molecule has 4 rings (SSSR count). The predicted octanol–water partition coefficient (Wildman–Crippen LogP) is 3.35. The summed E-state index contributed by atoms with van der Waals surface area (Å²) < 4.78 is 37.6. The molecule has 0 radical (unpaired) electrons. The van der Waals surface area contributed by atoms with Gasteiger partial charge in [0, 0.05) is 25.6 Å². The van der Waals surface area contributed by atoms with Crippen molar-refractivity contribution >= 4 is 27.5 Å². The first-order valence-electron chi connectivity index (χ1n) is 12.8. The number of carbonyl (C=O) groups is 2. The molecule has 1 heterocycles. The van der Waals surface area contributed by atoms with E-state index in [1.807, 2.05) is 67.6 Å². The summed E-state index contributed by atoms with van der Waals surface area (Å²) in [5, 5.41) is 2.92. The van der Waals surface area contributed by atoms with E-state index in [0.717, 1.165) is 28.1 Å². The van der Waals surface area contributed by atoms with Crippen molar-refractivity contribution in [2.75, 3.05) is 30.4 Å². The Morgan fingerprint density at radius 1 is 0.923 bits per heavy atom. The third-order valence-corrected chi connectivity index (χ3v) is 7.48. The van der Waals surface area contributed by atoms with Gasteiger partial charge >= 0.3 is 0 Å². The van der Waals surface area contributed by atoms with Crippen LogP contribution < -0.4 is 19.1 Å². The number of anilines is 1. The fourth-order valence-corrected chi connectivity index (χ4v) is 5.20. The molecule has 0 fully saturated rings. The van der Waals surface area contributed by atoms with E-state index in [1.54, 1.807) is 12.1 Å². The summed E-state index contributed by atoms with van der Waals surface area (Å²) in [6.07, 6.45) is 2.06. The molecule has 1 atom stereocenters. The highest BCUT2D eigenvalue weighted by Crippen LogP contribution is 2.36. The third-order valence-electron chi connectivity index (χ3n) is 6.34. The average molecular weight is 552 g/mol. The first-order valence-corrected chi connectivity index (χ1v) is 14.6. The van der Waals surface area contributed by atoms with Gasteiger partial charge in [0.05, 0.1) is 11.9 Å². The molecule has 1 aliphatic heterocycles. The third kappa shape index (κ3) is 7.29. The fourth-order valence-electron chi connectivity index (χ4n) is 4.35. The number of nitrogens with zero attached hydrogens (tertiary/aromatic N) is 2. The molecule has 3 aromatic carbocycles. The lowest BCUT2D eigenvalue weighted by Gasteiger charge is -2.33. The summed E-state index contributed by atoms with van der Waals surface area (Å²) in [5.74, 6) is 0.101. The van der Waals surface area contributed by atoms with Gasteiger partial charge in [-0.3, -0.25) is 13.9 Å². The Morgan fingerprint density at radius 2 is 1.56 bits per heavy atom. The number of ether oxygens (including phenoxy) is 2. The van der Waals surface area contributed by atoms with Crippen LogP contribution in [0.5, 0.6) is 11.5 Å². The zero-order valence-electron chi connectivity index (χ0n) is 22.1. The molecule has 0 spiro atoms. The minimum atomic E-state index is -3.87. The standard InChI is InChI=1S/C29H33N3O6S/c1-3-16-30-29(34)25(17-22-10-6-4-7-11-22)31(19-23-12-8-5-9-13-23)28(33)20-32(39(2,35)36)24-14-15-26-27(18-24)38-21-37-26/h4-15,18,25H,3,16-17,19-21H2,1-2H3,(H,30,34)/t25-/m0/s1. The second kappa shape index (κ2) is 12.7. The van der Waals surface area contributed by atoms with Crippen molar-refractivity contribution in [3.05, 3.63) is 90.0 Å². The molecule has 0 saturated heterocycles. The van der Waals surface area contributed by atoms with Crippen molar-refractivity contribution < 1.29 is 27.5 Å². The lowest BCUT2D eigenvalue weighted by Crippen LogP contribution is -2.53. The van der Waals surface area contributed by atoms with Crippen LogP contribution in [0.25, 0.3) is 0 Å². The number of hydrogen-bond donors (Lipinski definition) is 1. The molecule has 9 nitrogen and oxygen atoms in total. The Bertz CT molecular complexity index is 1380. The first kappa shape index (κ1) is 28.0. The summed E-state index contributed by atoms with van der Waals surface area (Å²) in [4.78, 5) is 28.9. The van der Waals surface area contributed by atoms with Crippen LogP contribution in [-0.4, -0.2) is 57.3 Å². The highest BCUT2D eigenvalue weighted by atomic mass is 32.2. The van der Waals surface area contributed by atoms with E-state index in [2.05, 4.69) is 5.32 Å². The quantitative estimate of drug-likeness (QED) is 0.370. The van der Waals surface area contributed by atoms with Gasteiger partial charge in [0.15, 0.2) is 11.5 Å². The highest BCUT2D eigenvalue weighted by molar-refractivity contribution is 7.92. The number of rotatable bonds is 12. The van der Waals surface area contributed by atoms with Crippen molar-refractivity contribution in [1.82, 2.24) is 10.2 Å². The Labute approximate surface area is 229 Å². The molecule has 0 aliphatic carbocycles. The molecule has 2 amide bonds. The van der Waals surface area contributed by atoms with Crippen LogP contribution in [-0.2, 0) is 32.6 Å². The molecule has 0 unspecified atom stereocenters. The summed E-state index contributed by atoms with van der Waals surface area (Å²) >= 11 is 0. The number of benzene rings is 3. The van der Waals surface area contributed by atoms with E-state index in [-0.39, 0.29) is 31.4 Å². The monoisotopic (exact) mass is 551 g/mol. The number of hydrogen-bond acceptors (Lipinski definition) is 6. The summed E-state index contributed by atoms with van der Waals surface area (Å²) in [6.45, 7) is 2.10. The molecule has 1 N–H and O–H groups in total. The van der Waals surface area contributed by atoms with E-state index < -0.39 is 28.5 Å². The van der Waals surface area contributed by atoms with E-state index in [0.29, 0.717) is 18.0 Å². The van der Waals surface area contributed by atoms with Crippen LogP contribution in [0.2, 0.25) is 0 Å². The maximum atomic E-state index is 14.0. The largest absolute Gasteiger partial charge is 0.454 e. The lowest BCUT2D eigenvalue weighted by atomic mass is 10.0. The van der Waals surface area contributed by atoms with Crippen molar-refractivity contribution in [2.45, 2.75) is 32.4 Å². The fraction of sp³-hybridized carbons (Fsp3) is 0.310. The second-order valence-corrected chi connectivity index (χ2v) is 11.2. The van der Waals surface area contributed by atoms with E-state index in [1.165, 1.54) is 11.0 Å². The van der Waals surface area contributed by atoms with E-state index in [9.17, 15) is 18.0 Å². The van der Waals surface area contributed by atoms with Crippen LogP contribution >= 0.6 is 0 Å². The van der Waals surface area contributed by atoms with Crippen molar-refractivity contribution in [3.63, 3.8) is 0 Å². The van der Waals surface area contributed by atoms with Crippen molar-refractivity contribution in [1.29, 1.82) is 0 Å². The molecule has 10 heteroatoms. The molecule has 0 aromatic heterocycles. The molecular formula is C29H33N3O6S. The van der Waals surface area contributed by atoms with E-state index in [4.69, 9.17) is 9.47 Å². The number of amides is 2. The van der Waals surface area contributed by atoms with Crippen molar-refractivity contribution in [3.8, 4) is 11.5 Å². The van der Waals surface area contributed by atoms with Gasteiger partial charge in [-0.2, -0.15) is 0 Å². The van der Waals surface area contributed by atoms with Crippen LogP contribution in [0, 0.1) is 0 Å². The second-order valence-electron chi connectivity index (χ2n) is 9.31. The van der Waals surface area contributed by atoms with Crippen molar-refractivity contribution in [2.24, 2.45) is 0 Å². The van der Waals surface area contributed by atoms with Gasteiger partial charge < -0.3 is 19.7 Å². The minimum Gasteiger partial charge on any atom is -0.454 e. The topological polar surface area (TPSA) is 105 Å². The predicted molar refractivity (Wildman–Crippen MR) is 149 cm³/mol. The number of carbonyl (C=O) groups excluding carboxylic acids is 2. The SMILES string of the molecule is CCCNC(=O)[C@H](Cc1ccccc1)N(Cc1ccccc1)C(=O)CN(c1ccc2c(c1)OCO2)S(C)(=O)=O. The molecule has 206 valence electrons. The number of sulfonamides is 1.